The summed E-state index contributed by atoms with van der Waals surface area (Å²) in [5.41, 5.74) is 9.59. The van der Waals surface area contributed by atoms with Crippen LogP contribution in [0.25, 0.3) is 0 Å². The van der Waals surface area contributed by atoms with E-state index in [2.05, 4.69) is 4.98 Å². The van der Waals surface area contributed by atoms with Crippen LogP contribution in [0, 0.1) is 0 Å². The van der Waals surface area contributed by atoms with Crippen LogP contribution in [0.1, 0.15) is 0 Å². The summed E-state index contributed by atoms with van der Waals surface area (Å²) >= 11 is 0. The van der Waals surface area contributed by atoms with E-state index in [4.69, 9.17) is 16.7 Å². The van der Waals surface area contributed by atoms with Crippen LogP contribution in [0.4, 0.5) is 11.8 Å². The third-order valence-corrected chi connectivity index (χ3v) is 0.958. The van der Waals surface area contributed by atoms with Gasteiger partial charge in [-0.2, -0.15) is 4.98 Å². The molecule has 7 heteroatoms. The zero-order chi connectivity index (χ0) is 7.72. The molecule has 0 unspecified atom stereocenters. The molecule has 0 aliphatic rings. The van der Waals surface area contributed by atoms with Crippen molar-refractivity contribution in [2.75, 3.05) is 11.5 Å². The molecule has 0 spiro atoms. The first kappa shape index (κ1) is 9.24. The van der Waals surface area contributed by atoms with E-state index in [1.807, 2.05) is 0 Å². The van der Waals surface area contributed by atoms with Crippen molar-refractivity contribution < 1.29 is 10.7 Å². The van der Waals surface area contributed by atoms with Gasteiger partial charge >= 0.3 is 0 Å². The van der Waals surface area contributed by atoms with E-state index < -0.39 is 5.56 Å². The monoisotopic (exact) mass is 160 g/mol. The van der Waals surface area contributed by atoms with Crippen LogP contribution in [0.15, 0.2) is 10.9 Å². The second-order valence-electron chi connectivity index (χ2n) is 1.69. The summed E-state index contributed by atoms with van der Waals surface area (Å²) in [7, 11) is 0. The number of rotatable bonds is 0. The van der Waals surface area contributed by atoms with E-state index in [-0.39, 0.29) is 17.2 Å². The molecular weight excluding hydrogens is 152 g/mol. The maximum atomic E-state index is 10.5. The molecule has 0 saturated heterocycles. The summed E-state index contributed by atoms with van der Waals surface area (Å²) in [6, 6.07) is 0.969. The van der Waals surface area contributed by atoms with E-state index in [1.54, 1.807) is 0 Å². The zero-order valence-electron chi connectivity index (χ0n) is 5.48. The molecule has 0 saturated carbocycles. The van der Waals surface area contributed by atoms with E-state index in [1.165, 1.54) is 0 Å². The van der Waals surface area contributed by atoms with Crippen LogP contribution in [0.5, 0.6) is 0 Å². The quantitative estimate of drug-likeness (QED) is 0.370. The topological polar surface area (TPSA) is 139 Å². The second-order valence-corrected chi connectivity index (χ2v) is 1.69. The van der Waals surface area contributed by atoms with Gasteiger partial charge in [0.2, 0.25) is 5.95 Å². The maximum absolute atomic E-state index is 10.5. The van der Waals surface area contributed by atoms with E-state index >= 15 is 0 Å². The Morgan fingerprint density at radius 3 is 2.55 bits per heavy atom. The van der Waals surface area contributed by atoms with Crippen molar-refractivity contribution in [1.82, 2.24) is 9.71 Å². The lowest BCUT2D eigenvalue weighted by Crippen LogP contribution is -2.17. The number of anilines is 2. The predicted molar refractivity (Wildman–Crippen MR) is 38.1 cm³/mol. The summed E-state index contributed by atoms with van der Waals surface area (Å²) in [5, 5.41) is 8.80. The van der Waals surface area contributed by atoms with Crippen molar-refractivity contribution in [3.05, 3.63) is 16.4 Å². The summed E-state index contributed by atoms with van der Waals surface area (Å²) < 4.78 is 0.432. The molecule has 62 valence electrons. The minimum absolute atomic E-state index is 0. The lowest BCUT2D eigenvalue weighted by atomic mass is 10.6. The van der Waals surface area contributed by atoms with E-state index in [0.717, 1.165) is 6.07 Å². The highest BCUT2D eigenvalue weighted by Gasteiger charge is 1.99. The third kappa shape index (κ3) is 1.58. The predicted octanol–water partition coefficient (Wildman–Crippen LogP) is -2.18. The molecule has 0 aromatic carbocycles. The third-order valence-electron chi connectivity index (χ3n) is 0.958. The Balaban J connectivity index is 0.000001000. The average molecular weight is 160 g/mol. The fourth-order valence-electron chi connectivity index (χ4n) is 0.512. The molecule has 1 rings (SSSR count). The second kappa shape index (κ2) is 2.88. The first-order valence-electron chi connectivity index (χ1n) is 2.45. The largest absolute Gasteiger partial charge is 0.424 e. The molecule has 1 aromatic heterocycles. The number of hydrogen-bond acceptors (Lipinski definition) is 5. The van der Waals surface area contributed by atoms with Gasteiger partial charge in [-0.05, 0) is 0 Å². The van der Waals surface area contributed by atoms with Gasteiger partial charge in [0, 0.05) is 6.07 Å². The molecule has 1 heterocycles. The Bertz CT molecular complexity index is 280. The lowest BCUT2D eigenvalue weighted by Gasteiger charge is -2.01. The SMILES string of the molecule is Nc1cc(=O)nc(N)n1O.O. The molecule has 0 atom stereocenters. The van der Waals surface area contributed by atoms with Crippen molar-refractivity contribution in [2.24, 2.45) is 0 Å². The van der Waals surface area contributed by atoms with Gasteiger partial charge in [-0.1, -0.05) is 0 Å². The molecule has 1 aromatic rings. The number of nitrogen functional groups attached to an aromatic ring is 2. The Kier molecular flexibility index (Phi) is 2.42. The van der Waals surface area contributed by atoms with Crippen molar-refractivity contribution in [3.8, 4) is 0 Å². The minimum Gasteiger partial charge on any atom is -0.424 e. The van der Waals surface area contributed by atoms with Gasteiger partial charge in [0.1, 0.15) is 5.82 Å². The van der Waals surface area contributed by atoms with Gasteiger partial charge in [0.15, 0.2) is 0 Å². The van der Waals surface area contributed by atoms with Crippen LogP contribution in [-0.4, -0.2) is 20.4 Å². The van der Waals surface area contributed by atoms with Gasteiger partial charge in [0.25, 0.3) is 5.56 Å². The fraction of sp³-hybridized carbons (Fsp3) is 0. The average Bonchev–Trinajstić information content (AvgIpc) is 1.82. The minimum atomic E-state index is -0.569. The van der Waals surface area contributed by atoms with Crippen LogP contribution in [-0.2, 0) is 0 Å². The molecule has 0 aliphatic heterocycles. The fourth-order valence-corrected chi connectivity index (χ4v) is 0.512. The van der Waals surface area contributed by atoms with Gasteiger partial charge in [-0.25, -0.2) is 0 Å². The summed E-state index contributed by atoms with van der Waals surface area (Å²) in [6.45, 7) is 0. The van der Waals surface area contributed by atoms with Crippen molar-refractivity contribution >= 4 is 11.8 Å². The Morgan fingerprint density at radius 1 is 1.55 bits per heavy atom. The van der Waals surface area contributed by atoms with Crippen LogP contribution >= 0.6 is 0 Å². The lowest BCUT2D eigenvalue weighted by molar-refractivity contribution is 0.194. The first-order chi connectivity index (χ1) is 4.61. The van der Waals surface area contributed by atoms with Gasteiger partial charge < -0.3 is 22.2 Å². The molecule has 0 radical (unpaired) electrons. The molecule has 7 N–H and O–H groups in total. The normalized spacial score (nSPS) is 8.73. The number of nitrogens with two attached hydrogens (primary N) is 2. The summed E-state index contributed by atoms with van der Waals surface area (Å²) in [6.07, 6.45) is 0. The van der Waals surface area contributed by atoms with Gasteiger partial charge in [-0.15, -0.1) is 4.73 Å². The van der Waals surface area contributed by atoms with E-state index in [0.29, 0.717) is 4.73 Å². The Labute approximate surface area is 61.2 Å². The van der Waals surface area contributed by atoms with Crippen molar-refractivity contribution in [3.63, 3.8) is 0 Å². The van der Waals surface area contributed by atoms with E-state index in [9.17, 15) is 4.79 Å². The molecule has 0 fully saturated rings. The highest BCUT2D eigenvalue weighted by atomic mass is 16.5. The maximum Gasteiger partial charge on any atom is 0.276 e. The molecule has 0 amide bonds. The molecular formula is C4H8N4O3. The zero-order valence-corrected chi connectivity index (χ0v) is 5.48. The summed E-state index contributed by atoms with van der Waals surface area (Å²) in [5.74, 6) is -0.442. The highest BCUT2D eigenvalue weighted by Crippen LogP contribution is 1.97. The Morgan fingerprint density at radius 2 is 2.09 bits per heavy atom. The highest BCUT2D eigenvalue weighted by molar-refractivity contribution is 5.33. The first-order valence-corrected chi connectivity index (χ1v) is 2.45. The molecule has 7 nitrogen and oxygen atoms in total. The van der Waals surface area contributed by atoms with Crippen LogP contribution in [0.2, 0.25) is 0 Å². The van der Waals surface area contributed by atoms with Crippen LogP contribution < -0.4 is 17.0 Å². The number of aromatic nitrogens is 2. The standard InChI is InChI=1S/C4H6N4O2.H2O/c5-2-1-3(9)7-4(6)8(2)10;/h1,10H,5H2,(H2,6,7,9);1H2. The Hall–Kier alpha value is -1.76. The van der Waals surface area contributed by atoms with Gasteiger partial charge in [0.05, 0.1) is 0 Å². The number of nitrogens with zero attached hydrogens (tertiary/aromatic N) is 2. The van der Waals surface area contributed by atoms with Gasteiger partial charge in [-0.3, -0.25) is 4.79 Å². The van der Waals surface area contributed by atoms with Crippen LogP contribution in [0.3, 0.4) is 0 Å². The van der Waals surface area contributed by atoms with Crippen molar-refractivity contribution in [1.29, 1.82) is 0 Å². The van der Waals surface area contributed by atoms with Crippen molar-refractivity contribution in [2.45, 2.75) is 0 Å². The summed E-state index contributed by atoms with van der Waals surface area (Å²) in [4.78, 5) is 13.7. The smallest absolute Gasteiger partial charge is 0.276 e. The molecule has 0 aliphatic carbocycles. The molecule has 11 heavy (non-hydrogen) atoms. The molecule has 0 bridgehead atoms. The number of hydrogen-bond donors (Lipinski definition) is 3.